The van der Waals surface area contributed by atoms with Gasteiger partial charge >= 0.3 is 5.97 Å². The molecular formula is C9H9Cl2NO5S. The Hall–Kier alpha value is -0.860. The van der Waals surface area contributed by atoms with Crippen LogP contribution >= 0.6 is 23.2 Å². The minimum atomic E-state index is -3.98. The van der Waals surface area contributed by atoms with Crippen molar-refractivity contribution in [1.82, 2.24) is 4.72 Å². The topological polar surface area (TPSA) is 104 Å². The van der Waals surface area contributed by atoms with Gasteiger partial charge in [0.25, 0.3) is 0 Å². The van der Waals surface area contributed by atoms with Crippen LogP contribution in [-0.4, -0.2) is 37.2 Å². The van der Waals surface area contributed by atoms with Crippen LogP contribution in [0, 0.1) is 0 Å². The third-order valence-corrected chi connectivity index (χ3v) is 3.74. The van der Waals surface area contributed by atoms with Gasteiger partial charge in [0, 0.05) is 16.6 Å². The van der Waals surface area contributed by atoms with E-state index in [0.29, 0.717) is 0 Å². The zero-order valence-corrected chi connectivity index (χ0v) is 11.1. The summed E-state index contributed by atoms with van der Waals surface area (Å²) in [5.74, 6) is -1.53. The predicted octanol–water partition coefficient (Wildman–Crippen LogP) is 0.717. The van der Waals surface area contributed by atoms with Crippen molar-refractivity contribution < 1.29 is 23.4 Å². The summed E-state index contributed by atoms with van der Waals surface area (Å²) in [4.78, 5) is 10.1. The Morgan fingerprint density at radius 1 is 1.28 bits per heavy atom. The molecule has 3 N–H and O–H groups in total. The molecule has 0 saturated carbocycles. The fraction of sp³-hybridized carbons (Fsp3) is 0.222. The normalized spacial score (nSPS) is 13.3. The first-order valence-corrected chi connectivity index (χ1v) is 6.83. The van der Waals surface area contributed by atoms with Gasteiger partial charge in [-0.15, -0.1) is 0 Å². The minimum Gasteiger partial charge on any atom is -0.479 e. The van der Waals surface area contributed by atoms with Gasteiger partial charge in [-0.3, -0.25) is 0 Å². The van der Waals surface area contributed by atoms with Crippen molar-refractivity contribution >= 4 is 39.2 Å². The second kappa shape index (κ2) is 5.85. The quantitative estimate of drug-likeness (QED) is 0.743. The number of aliphatic hydroxyl groups excluding tert-OH is 1. The number of hydrogen-bond acceptors (Lipinski definition) is 4. The number of sulfonamides is 1. The molecule has 9 heteroatoms. The van der Waals surface area contributed by atoms with Crippen molar-refractivity contribution in [3.63, 3.8) is 0 Å². The predicted molar refractivity (Wildman–Crippen MR) is 65.3 cm³/mol. The first-order valence-electron chi connectivity index (χ1n) is 4.59. The Morgan fingerprint density at radius 2 is 1.78 bits per heavy atom. The molecule has 0 aliphatic heterocycles. The van der Waals surface area contributed by atoms with Crippen LogP contribution < -0.4 is 4.72 Å². The van der Waals surface area contributed by atoms with Gasteiger partial charge in [0.15, 0.2) is 6.10 Å². The lowest BCUT2D eigenvalue weighted by molar-refractivity contribution is -0.146. The number of benzene rings is 1. The van der Waals surface area contributed by atoms with Crippen LogP contribution in [0.5, 0.6) is 0 Å². The van der Waals surface area contributed by atoms with E-state index in [9.17, 15) is 13.2 Å². The van der Waals surface area contributed by atoms with Crippen molar-refractivity contribution in [2.24, 2.45) is 0 Å². The summed E-state index contributed by atoms with van der Waals surface area (Å²) in [5, 5.41) is 17.6. The molecule has 0 amide bonds. The highest BCUT2D eigenvalue weighted by Gasteiger charge is 2.20. The Balaban J connectivity index is 2.90. The van der Waals surface area contributed by atoms with Gasteiger partial charge in [0.05, 0.1) is 4.90 Å². The molecule has 100 valence electrons. The van der Waals surface area contributed by atoms with Crippen LogP contribution in [0.25, 0.3) is 0 Å². The van der Waals surface area contributed by atoms with Gasteiger partial charge in [-0.25, -0.2) is 17.9 Å². The summed E-state index contributed by atoms with van der Waals surface area (Å²) in [6.07, 6.45) is -1.82. The molecule has 1 atom stereocenters. The Bertz CT molecular complexity index is 540. The van der Waals surface area contributed by atoms with E-state index in [-0.39, 0.29) is 14.9 Å². The SMILES string of the molecule is O=C(O)[C@@H](O)CNS(=O)(=O)c1cc(Cl)cc(Cl)c1. The average molecular weight is 314 g/mol. The molecule has 0 aromatic heterocycles. The van der Waals surface area contributed by atoms with E-state index < -0.39 is 28.6 Å². The second-order valence-electron chi connectivity index (χ2n) is 3.31. The van der Waals surface area contributed by atoms with E-state index in [1.807, 2.05) is 4.72 Å². The second-order valence-corrected chi connectivity index (χ2v) is 5.95. The Labute approximate surface area is 113 Å². The van der Waals surface area contributed by atoms with Gasteiger partial charge < -0.3 is 10.2 Å². The molecule has 1 rings (SSSR count). The lowest BCUT2D eigenvalue weighted by atomic mass is 10.4. The molecule has 0 spiro atoms. The summed E-state index contributed by atoms with van der Waals surface area (Å²) < 4.78 is 25.4. The van der Waals surface area contributed by atoms with Crippen LogP contribution in [0.3, 0.4) is 0 Å². The fourth-order valence-electron chi connectivity index (χ4n) is 1.04. The van der Waals surface area contributed by atoms with Crippen molar-refractivity contribution in [2.45, 2.75) is 11.0 Å². The van der Waals surface area contributed by atoms with E-state index in [1.54, 1.807) is 0 Å². The third-order valence-electron chi connectivity index (χ3n) is 1.90. The first kappa shape index (κ1) is 15.2. The molecule has 0 saturated heterocycles. The molecule has 0 aliphatic carbocycles. The molecule has 0 bridgehead atoms. The van der Waals surface area contributed by atoms with E-state index in [2.05, 4.69) is 0 Å². The fourth-order valence-corrected chi connectivity index (χ4v) is 2.81. The van der Waals surface area contributed by atoms with Crippen molar-refractivity contribution in [3.8, 4) is 0 Å². The molecule has 6 nitrogen and oxygen atoms in total. The Kier molecular flexibility index (Phi) is 4.94. The number of carboxylic acids is 1. The summed E-state index contributed by atoms with van der Waals surface area (Å²) in [5.41, 5.74) is 0. The van der Waals surface area contributed by atoms with Crippen LogP contribution in [0.1, 0.15) is 0 Å². The summed E-state index contributed by atoms with van der Waals surface area (Å²) in [7, 11) is -3.98. The molecule has 1 aromatic carbocycles. The number of nitrogens with one attached hydrogen (secondary N) is 1. The molecule has 0 unspecified atom stereocenters. The van der Waals surface area contributed by atoms with E-state index >= 15 is 0 Å². The zero-order valence-electron chi connectivity index (χ0n) is 8.80. The summed E-state index contributed by atoms with van der Waals surface area (Å²) in [6, 6.07) is 3.67. The lowest BCUT2D eigenvalue weighted by Crippen LogP contribution is -2.36. The van der Waals surface area contributed by atoms with Gasteiger partial charge in [0.1, 0.15) is 0 Å². The largest absolute Gasteiger partial charge is 0.479 e. The third kappa shape index (κ3) is 4.11. The molecule has 18 heavy (non-hydrogen) atoms. The summed E-state index contributed by atoms with van der Waals surface area (Å²) >= 11 is 11.3. The first-order chi connectivity index (χ1) is 8.22. The minimum absolute atomic E-state index is 0.127. The molecule has 0 aliphatic rings. The number of carbonyl (C=O) groups is 1. The number of rotatable bonds is 5. The smallest absolute Gasteiger partial charge is 0.333 e. The van der Waals surface area contributed by atoms with Crippen LogP contribution in [0.15, 0.2) is 23.1 Å². The van der Waals surface area contributed by atoms with Gasteiger partial charge in [0.2, 0.25) is 10.0 Å². The highest BCUT2D eigenvalue weighted by Crippen LogP contribution is 2.22. The average Bonchev–Trinajstić information content (AvgIpc) is 2.24. The molecule has 0 radical (unpaired) electrons. The lowest BCUT2D eigenvalue weighted by Gasteiger charge is -2.09. The molecule has 1 aromatic rings. The number of aliphatic carboxylic acids is 1. The highest BCUT2D eigenvalue weighted by molar-refractivity contribution is 7.89. The van der Waals surface area contributed by atoms with Crippen LogP contribution in [-0.2, 0) is 14.8 Å². The van der Waals surface area contributed by atoms with E-state index in [0.717, 1.165) is 12.1 Å². The molecule has 0 fully saturated rings. The van der Waals surface area contributed by atoms with Gasteiger partial charge in [-0.2, -0.15) is 0 Å². The standard InChI is InChI=1S/C9H9Cl2NO5S/c10-5-1-6(11)3-7(2-5)18(16,17)12-4-8(13)9(14)15/h1-3,8,12-13H,4H2,(H,14,15)/t8-/m0/s1. The van der Waals surface area contributed by atoms with Crippen molar-refractivity contribution in [1.29, 1.82) is 0 Å². The monoisotopic (exact) mass is 313 g/mol. The summed E-state index contributed by atoms with van der Waals surface area (Å²) in [6.45, 7) is -0.651. The number of carboxylic acid groups (broad SMARTS) is 1. The van der Waals surface area contributed by atoms with Crippen molar-refractivity contribution in [3.05, 3.63) is 28.2 Å². The van der Waals surface area contributed by atoms with Crippen LogP contribution in [0.4, 0.5) is 0 Å². The number of aliphatic hydroxyl groups is 1. The maximum Gasteiger partial charge on any atom is 0.333 e. The maximum atomic E-state index is 11.7. The maximum absolute atomic E-state index is 11.7. The number of halogens is 2. The van der Waals surface area contributed by atoms with Gasteiger partial charge in [-0.1, -0.05) is 23.2 Å². The van der Waals surface area contributed by atoms with Gasteiger partial charge in [-0.05, 0) is 18.2 Å². The van der Waals surface area contributed by atoms with E-state index in [4.69, 9.17) is 33.4 Å². The molecule has 0 heterocycles. The molecular weight excluding hydrogens is 305 g/mol. The van der Waals surface area contributed by atoms with E-state index in [1.165, 1.54) is 6.07 Å². The van der Waals surface area contributed by atoms with Crippen LogP contribution in [0.2, 0.25) is 10.0 Å². The number of hydrogen-bond donors (Lipinski definition) is 3. The Morgan fingerprint density at radius 3 is 2.22 bits per heavy atom. The zero-order chi connectivity index (χ0) is 13.9. The highest BCUT2D eigenvalue weighted by atomic mass is 35.5. The van der Waals surface area contributed by atoms with Crippen molar-refractivity contribution in [2.75, 3.05) is 6.54 Å².